The Kier molecular flexibility index (Phi) is 3.93. The molecule has 90 valence electrons. The molecule has 2 rings (SSSR count). The monoisotopic (exact) mass is 222 g/mol. The van der Waals surface area contributed by atoms with Gasteiger partial charge in [-0.2, -0.15) is 0 Å². The number of nitrogens with two attached hydrogens (primary N) is 1. The Labute approximate surface area is 97.2 Å². The van der Waals surface area contributed by atoms with E-state index in [1.165, 1.54) is 44.3 Å². The summed E-state index contributed by atoms with van der Waals surface area (Å²) >= 11 is 0. The van der Waals surface area contributed by atoms with Crippen LogP contribution in [0.4, 0.5) is 0 Å². The van der Waals surface area contributed by atoms with Crippen molar-refractivity contribution < 1.29 is 0 Å². The van der Waals surface area contributed by atoms with Gasteiger partial charge in [0.05, 0.1) is 6.54 Å². The van der Waals surface area contributed by atoms with E-state index in [2.05, 4.69) is 21.7 Å². The van der Waals surface area contributed by atoms with Crippen LogP contribution in [0.5, 0.6) is 0 Å². The quantitative estimate of drug-likeness (QED) is 0.798. The highest BCUT2D eigenvalue weighted by Gasteiger charge is 2.21. The summed E-state index contributed by atoms with van der Waals surface area (Å²) in [6.45, 7) is 3.57. The molecule has 1 aliphatic carbocycles. The van der Waals surface area contributed by atoms with Crippen LogP contribution in [0.2, 0.25) is 0 Å². The van der Waals surface area contributed by atoms with Crippen LogP contribution in [0.3, 0.4) is 0 Å². The van der Waals surface area contributed by atoms with Crippen molar-refractivity contribution in [3.05, 3.63) is 11.6 Å². The Morgan fingerprint density at radius 3 is 2.44 bits per heavy atom. The molecule has 0 unspecified atom stereocenters. The predicted octanol–water partition coefficient (Wildman–Crippen LogP) is 2.19. The first-order valence-corrected chi connectivity index (χ1v) is 6.48. The van der Waals surface area contributed by atoms with Crippen LogP contribution in [0.25, 0.3) is 0 Å². The van der Waals surface area contributed by atoms with E-state index in [-0.39, 0.29) is 0 Å². The van der Waals surface area contributed by atoms with Crippen LogP contribution in [0, 0.1) is 0 Å². The second-order valence-corrected chi connectivity index (χ2v) is 4.61. The molecule has 1 heterocycles. The van der Waals surface area contributed by atoms with Gasteiger partial charge in [0, 0.05) is 12.5 Å². The second kappa shape index (κ2) is 5.43. The summed E-state index contributed by atoms with van der Waals surface area (Å²) in [5, 5.41) is 8.56. The van der Waals surface area contributed by atoms with E-state index in [1.807, 2.05) is 0 Å². The second-order valence-electron chi connectivity index (χ2n) is 4.61. The minimum atomic E-state index is 0.494. The summed E-state index contributed by atoms with van der Waals surface area (Å²) < 4.78 is 2.20. The lowest BCUT2D eigenvalue weighted by molar-refractivity contribution is 0.521. The molecule has 0 spiro atoms. The minimum absolute atomic E-state index is 0.494. The molecule has 0 atom stereocenters. The molecule has 0 aliphatic heterocycles. The molecule has 4 heteroatoms. The van der Waals surface area contributed by atoms with E-state index in [4.69, 9.17) is 5.73 Å². The summed E-state index contributed by atoms with van der Waals surface area (Å²) in [5.74, 6) is 2.71. The molecule has 0 bridgehead atoms. The van der Waals surface area contributed by atoms with E-state index >= 15 is 0 Å². The van der Waals surface area contributed by atoms with Gasteiger partial charge in [-0.3, -0.25) is 0 Å². The van der Waals surface area contributed by atoms with Crippen molar-refractivity contribution in [1.82, 2.24) is 14.8 Å². The Hall–Kier alpha value is -0.900. The molecule has 4 nitrogen and oxygen atoms in total. The highest BCUT2D eigenvalue weighted by Crippen LogP contribution is 2.30. The SMILES string of the molecule is CCn1c(CN)nnc1C1CCCCCC1. The summed E-state index contributed by atoms with van der Waals surface area (Å²) in [7, 11) is 0. The maximum atomic E-state index is 5.68. The molecule has 2 N–H and O–H groups in total. The summed E-state index contributed by atoms with van der Waals surface area (Å²) in [6, 6.07) is 0. The van der Waals surface area contributed by atoms with Gasteiger partial charge in [-0.15, -0.1) is 10.2 Å². The molecule has 0 saturated heterocycles. The van der Waals surface area contributed by atoms with Gasteiger partial charge in [-0.25, -0.2) is 0 Å². The van der Waals surface area contributed by atoms with Gasteiger partial charge >= 0.3 is 0 Å². The van der Waals surface area contributed by atoms with E-state index in [9.17, 15) is 0 Å². The lowest BCUT2D eigenvalue weighted by atomic mass is 9.99. The first-order chi connectivity index (χ1) is 7.86. The standard InChI is InChI=1S/C12H22N4/c1-2-16-11(9-13)14-15-12(16)10-7-5-3-4-6-8-10/h10H,2-9,13H2,1H3. The molecule has 0 aromatic carbocycles. The Morgan fingerprint density at radius 2 is 1.88 bits per heavy atom. The molecule has 1 aliphatic rings. The topological polar surface area (TPSA) is 56.7 Å². The van der Waals surface area contributed by atoms with Gasteiger partial charge in [0.2, 0.25) is 0 Å². The molecular formula is C12H22N4. The Bertz CT molecular complexity index is 324. The summed E-state index contributed by atoms with van der Waals surface area (Å²) in [4.78, 5) is 0. The predicted molar refractivity (Wildman–Crippen MR) is 64.0 cm³/mol. The Morgan fingerprint density at radius 1 is 1.19 bits per heavy atom. The van der Waals surface area contributed by atoms with Gasteiger partial charge in [0.15, 0.2) is 0 Å². The van der Waals surface area contributed by atoms with Gasteiger partial charge in [-0.05, 0) is 19.8 Å². The normalized spacial score (nSPS) is 18.6. The average Bonchev–Trinajstić information content (AvgIpc) is 2.54. The fourth-order valence-corrected chi connectivity index (χ4v) is 2.68. The van der Waals surface area contributed by atoms with Crippen LogP contribution in [-0.4, -0.2) is 14.8 Å². The van der Waals surface area contributed by atoms with Crippen LogP contribution in [0.1, 0.15) is 63.0 Å². The van der Waals surface area contributed by atoms with E-state index < -0.39 is 0 Å². The smallest absolute Gasteiger partial charge is 0.146 e. The minimum Gasteiger partial charge on any atom is -0.324 e. The maximum Gasteiger partial charge on any atom is 0.146 e. The number of aromatic nitrogens is 3. The fourth-order valence-electron chi connectivity index (χ4n) is 2.68. The van der Waals surface area contributed by atoms with Crippen LogP contribution >= 0.6 is 0 Å². The Balaban J connectivity index is 2.20. The molecule has 0 radical (unpaired) electrons. The van der Waals surface area contributed by atoms with Crippen LogP contribution in [-0.2, 0) is 13.1 Å². The number of nitrogens with zero attached hydrogens (tertiary/aromatic N) is 3. The number of hydrogen-bond acceptors (Lipinski definition) is 3. The van der Waals surface area contributed by atoms with Gasteiger partial charge in [-0.1, -0.05) is 25.7 Å². The largest absolute Gasteiger partial charge is 0.324 e. The fraction of sp³-hybridized carbons (Fsp3) is 0.833. The third-order valence-corrected chi connectivity index (χ3v) is 3.58. The zero-order valence-electron chi connectivity index (χ0n) is 10.2. The number of rotatable bonds is 3. The summed E-state index contributed by atoms with van der Waals surface area (Å²) in [6.07, 6.45) is 7.95. The third kappa shape index (κ3) is 2.26. The highest BCUT2D eigenvalue weighted by molar-refractivity contribution is 5.02. The van der Waals surface area contributed by atoms with Crippen LogP contribution in [0.15, 0.2) is 0 Å². The molecule has 16 heavy (non-hydrogen) atoms. The van der Waals surface area contributed by atoms with Crippen molar-refractivity contribution in [3.8, 4) is 0 Å². The first-order valence-electron chi connectivity index (χ1n) is 6.48. The zero-order valence-corrected chi connectivity index (χ0v) is 10.2. The van der Waals surface area contributed by atoms with Gasteiger partial charge < -0.3 is 10.3 Å². The molecule has 1 fully saturated rings. The molecule has 1 saturated carbocycles. The van der Waals surface area contributed by atoms with Gasteiger partial charge in [0.1, 0.15) is 11.6 Å². The molecule has 1 aromatic rings. The molecule has 0 amide bonds. The van der Waals surface area contributed by atoms with Crippen molar-refractivity contribution in [3.63, 3.8) is 0 Å². The zero-order chi connectivity index (χ0) is 11.4. The van der Waals surface area contributed by atoms with E-state index in [1.54, 1.807) is 0 Å². The third-order valence-electron chi connectivity index (χ3n) is 3.58. The maximum absolute atomic E-state index is 5.68. The molecule has 1 aromatic heterocycles. The van der Waals surface area contributed by atoms with Crippen molar-refractivity contribution in [2.45, 2.75) is 64.5 Å². The van der Waals surface area contributed by atoms with Crippen molar-refractivity contribution >= 4 is 0 Å². The van der Waals surface area contributed by atoms with Gasteiger partial charge in [0.25, 0.3) is 0 Å². The van der Waals surface area contributed by atoms with Crippen LogP contribution < -0.4 is 5.73 Å². The van der Waals surface area contributed by atoms with Crippen molar-refractivity contribution in [1.29, 1.82) is 0 Å². The lowest BCUT2D eigenvalue weighted by Gasteiger charge is -2.14. The lowest BCUT2D eigenvalue weighted by Crippen LogP contribution is -2.12. The van der Waals surface area contributed by atoms with E-state index in [0.717, 1.165) is 12.4 Å². The summed E-state index contributed by atoms with van der Waals surface area (Å²) in [5.41, 5.74) is 5.68. The van der Waals surface area contributed by atoms with Crippen molar-refractivity contribution in [2.24, 2.45) is 5.73 Å². The van der Waals surface area contributed by atoms with Crippen molar-refractivity contribution in [2.75, 3.05) is 0 Å². The highest BCUT2D eigenvalue weighted by atomic mass is 15.3. The first kappa shape index (κ1) is 11.6. The number of hydrogen-bond donors (Lipinski definition) is 1. The average molecular weight is 222 g/mol. The van der Waals surface area contributed by atoms with E-state index in [0.29, 0.717) is 12.5 Å². The molecular weight excluding hydrogens is 200 g/mol.